The van der Waals surface area contributed by atoms with Crippen LogP contribution in [0.2, 0.25) is 0 Å². The van der Waals surface area contributed by atoms with E-state index < -0.39 is 0 Å². The zero-order valence-electron chi connectivity index (χ0n) is 15.4. The number of aromatic nitrogens is 2. The minimum absolute atomic E-state index is 0.0289. The van der Waals surface area contributed by atoms with E-state index >= 15 is 0 Å². The molecule has 0 bridgehead atoms. The predicted molar refractivity (Wildman–Crippen MR) is 103 cm³/mol. The Morgan fingerprint density at radius 3 is 2.70 bits per heavy atom. The normalized spacial score (nSPS) is 14.8. The van der Waals surface area contributed by atoms with Crippen molar-refractivity contribution in [1.29, 1.82) is 0 Å². The zero-order valence-corrected chi connectivity index (χ0v) is 15.4. The molecule has 1 aliphatic rings. The van der Waals surface area contributed by atoms with Crippen LogP contribution in [0, 0.1) is 5.92 Å². The first kappa shape index (κ1) is 18.8. The maximum atomic E-state index is 12.5. The third-order valence-corrected chi connectivity index (χ3v) is 4.90. The molecule has 0 unspecified atom stereocenters. The average molecular weight is 368 g/mol. The molecular formula is C20H24N4O3. The van der Waals surface area contributed by atoms with Crippen molar-refractivity contribution in [1.82, 2.24) is 14.9 Å². The molecule has 2 aromatic heterocycles. The third-order valence-electron chi connectivity index (χ3n) is 4.90. The number of carbonyl (C=O) groups excluding carboxylic acids is 2. The minimum Gasteiger partial charge on any atom is -0.339 e. The molecule has 0 aliphatic carbocycles. The van der Waals surface area contributed by atoms with Gasteiger partial charge in [-0.1, -0.05) is 0 Å². The lowest BCUT2D eigenvalue weighted by Crippen LogP contribution is -2.38. The fourth-order valence-electron chi connectivity index (χ4n) is 3.40. The van der Waals surface area contributed by atoms with Gasteiger partial charge in [-0.25, -0.2) is 4.98 Å². The van der Waals surface area contributed by atoms with Gasteiger partial charge in [0, 0.05) is 38.5 Å². The van der Waals surface area contributed by atoms with Gasteiger partial charge in [-0.2, -0.15) is 0 Å². The van der Waals surface area contributed by atoms with Gasteiger partial charge in [-0.05, 0) is 55.4 Å². The van der Waals surface area contributed by atoms with Crippen molar-refractivity contribution in [2.75, 3.05) is 18.4 Å². The van der Waals surface area contributed by atoms with E-state index in [4.69, 9.17) is 0 Å². The Morgan fingerprint density at radius 1 is 1.26 bits per heavy atom. The summed E-state index contributed by atoms with van der Waals surface area (Å²) in [6, 6.07) is 6.84. The van der Waals surface area contributed by atoms with Crippen LogP contribution in [0.3, 0.4) is 0 Å². The maximum Gasteiger partial charge on any atom is 0.255 e. The third kappa shape index (κ3) is 5.26. The van der Waals surface area contributed by atoms with E-state index in [0.717, 1.165) is 44.3 Å². The number of nitrogens with one attached hydrogen (secondary N) is 2. The quantitative estimate of drug-likeness (QED) is 0.846. The van der Waals surface area contributed by atoms with E-state index in [1.54, 1.807) is 12.3 Å². The summed E-state index contributed by atoms with van der Waals surface area (Å²) in [7, 11) is 0. The lowest BCUT2D eigenvalue weighted by molar-refractivity contribution is -0.114. The number of pyridine rings is 2. The van der Waals surface area contributed by atoms with E-state index in [-0.39, 0.29) is 17.4 Å². The lowest BCUT2D eigenvalue weighted by atomic mass is 9.90. The van der Waals surface area contributed by atoms with Gasteiger partial charge in [0.2, 0.25) is 11.5 Å². The number of piperidine rings is 1. The van der Waals surface area contributed by atoms with Gasteiger partial charge in [0.1, 0.15) is 5.82 Å². The van der Waals surface area contributed by atoms with Crippen molar-refractivity contribution in [3.8, 4) is 0 Å². The smallest absolute Gasteiger partial charge is 0.255 e. The Labute approximate surface area is 157 Å². The molecule has 3 heterocycles. The number of hydrogen-bond donors (Lipinski definition) is 2. The molecule has 142 valence electrons. The molecule has 1 fully saturated rings. The van der Waals surface area contributed by atoms with Crippen LogP contribution >= 0.6 is 0 Å². The molecule has 0 aromatic carbocycles. The Morgan fingerprint density at radius 2 is 2.04 bits per heavy atom. The standard InChI is InChI=1S/C20H24N4O3/c1-14(25)23-18-12-16(6-9-21-18)3-2-15-7-10-24(11-8-15)20(27)17-4-5-19(26)22-13-17/h4-6,9,12-13,15H,2-3,7-8,10-11H2,1H3,(H,22,26)(H,21,23,25). The summed E-state index contributed by atoms with van der Waals surface area (Å²) in [5.74, 6) is 1.00. The highest BCUT2D eigenvalue weighted by atomic mass is 16.2. The van der Waals surface area contributed by atoms with Gasteiger partial charge in [0.15, 0.2) is 0 Å². The Kier molecular flexibility index (Phi) is 6.01. The van der Waals surface area contributed by atoms with Crippen molar-refractivity contribution >= 4 is 17.6 Å². The summed E-state index contributed by atoms with van der Waals surface area (Å²) in [5, 5.41) is 2.70. The average Bonchev–Trinajstić information content (AvgIpc) is 2.67. The highest BCUT2D eigenvalue weighted by Gasteiger charge is 2.23. The van der Waals surface area contributed by atoms with E-state index in [2.05, 4.69) is 15.3 Å². The maximum absolute atomic E-state index is 12.5. The molecule has 7 nitrogen and oxygen atoms in total. The Bertz CT molecular complexity index is 849. The number of carbonyl (C=O) groups is 2. The Hall–Kier alpha value is -2.96. The number of hydrogen-bond acceptors (Lipinski definition) is 4. The molecule has 2 N–H and O–H groups in total. The van der Waals surface area contributed by atoms with Crippen LogP contribution < -0.4 is 10.9 Å². The number of nitrogens with zero attached hydrogens (tertiary/aromatic N) is 2. The highest BCUT2D eigenvalue weighted by Crippen LogP contribution is 2.23. The summed E-state index contributed by atoms with van der Waals surface area (Å²) in [5.41, 5.74) is 1.47. The minimum atomic E-state index is -0.206. The van der Waals surface area contributed by atoms with Crippen molar-refractivity contribution in [3.05, 3.63) is 58.1 Å². The van der Waals surface area contributed by atoms with E-state index in [1.807, 2.05) is 17.0 Å². The number of anilines is 1. The second kappa shape index (κ2) is 8.62. The molecule has 1 aliphatic heterocycles. The van der Waals surface area contributed by atoms with Crippen molar-refractivity contribution in [3.63, 3.8) is 0 Å². The largest absolute Gasteiger partial charge is 0.339 e. The molecule has 2 aromatic rings. The van der Waals surface area contributed by atoms with Crippen molar-refractivity contribution < 1.29 is 9.59 Å². The van der Waals surface area contributed by atoms with E-state index in [0.29, 0.717) is 17.3 Å². The van der Waals surface area contributed by atoms with Crippen LogP contribution in [0.5, 0.6) is 0 Å². The molecule has 0 radical (unpaired) electrons. The fraction of sp³-hybridized carbons (Fsp3) is 0.400. The van der Waals surface area contributed by atoms with Gasteiger partial charge < -0.3 is 15.2 Å². The number of amides is 2. The zero-order chi connectivity index (χ0) is 19.2. The molecule has 27 heavy (non-hydrogen) atoms. The number of H-pyrrole nitrogens is 1. The second-order valence-corrected chi connectivity index (χ2v) is 6.95. The van der Waals surface area contributed by atoms with Crippen molar-refractivity contribution in [2.45, 2.75) is 32.6 Å². The topological polar surface area (TPSA) is 95.2 Å². The molecule has 3 rings (SSSR count). The van der Waals surface area contributed by atoms with Crippen LogP contribution in [0.4, 0.5) is 5.82 Å². The summed E-state index contributed by atoms with van der Waals surface area (Å²) >= 11 is 0. The lowest BCUT2D eigenvalue weighted by Gasteiger charge is -2.32. The van der Waals surface area contributed by atoms with Crippen LogP contribution in [0.25, 0.3) is 0 Å². The van der Waals surface area contributed by atoms with Gasteiger partial charge >= 0.3 is 0 Å². The highest BCUT2D eigenvalue weighted by molar-refractivity contribution is 5.93. The molecule has 7 heteroatoms. The van der Waals surface area contributed by atoms with Gasteiger partial charge in [0.25, 0.3) is 5.91 Å². The van der Waals surface area contributed by atoms with Gasteiger partial charge in [-0.15, -0.1) is 0 Å². The van der Waals surface area contributed by atoms with Crippen LogP contribution in [0.15, 0.2) is 41.5 Å². The summed E-state index contributed by atoms with van der Waals surface area (Å²) < 4.78 is 0. The molecular weight excluding hydrogens is 344 g/mol. The first-order chi connectivity index (χ1) is 13.0. The first-order valence-corrected chi connectivity index (χ1v) is 9.22. The summed E-state index contributed by atoms with van der Waals surface area (Å²) in [6.45, 7) is 2.93. The molecule has 0 spiro atoms. The number of aromatic amines is 1. The van der Waals surface area contributed by atoms with Crippen molar-refractivity contribution in [2.24, 2.45) is 5.92 Å². The number of likely N-dealkylation sites (tertiary alicyclic amines) is 1. The molecule has 1 saturated heterocycles. The van der Waals surface area contributed by atoms with Crippen LogP contribution in [-0.4, -0.2) is 39.8 Å². The van der Waals surface area contributed by atoms with E-state index in [9.17, 15) is 14.4 Å². The predicted octanol–water partition coefficient (Wildman–Crippen LogP) is 2.21. The van der Waals surface area contributed by atoms with E-state index in [1.165, 1.54) is 19.2 Å². The monoisotopic (exact) mass is 368 g/mol. The Balaban J connectivity index is 1.48. The molecule has 2 amide bonds. The fourth-order valence-corrected chi connectivity index (χ4v) is 3.40. The molecule has 0 atom stereocenters. The summed E-state index contributed by atoms with van der Waals surface area (Å²) in [4.78, 5) is 43.3. The van der Waals surface area contributed by atoms with Gasteiger partial charge in [0.05, 0.1) is 5.56 Å². The first-order valence-electron chi connectivity index (χ1n) is 9.22. The molecule has 0 saturated carbocycles. The summed E-state index contributed by atoms with van der Waals surface area (Å²) in [6.07, 6.45) is 7.11. The van der Waals surface area contributed by atoms with Crippen LogP contribution in [-0.2, 0) is 11.2 Å². The van der Waals surface area contributed by atoms with Crippen LogP contribution in [0.1, 0.15) is 42.1 Å². The number of rotatable bonds is 5. The second-order valence-electron chi connectivity index (χ2n) is 6.95. The number of aryl methyl sites for hydroxylation is 1. The SMILES string of the molecule is CC(=O)Nc1cc(CCC2CCN(C(=O)c3ccc(=O)[nH]c3)CC2)ccn1. The van der Waals surface area contributed by atoms with Gasteiger partial charge in [-0.3, -0.25) is 14.4 Å².